The highest BCUT2D eigenvalue weighted by Crippen LogP contribution is 2.16. The van der Waals surface area contributed by atoms with E-state index in [-0.39, 0.29) is 11.6 Å². The lowest BCUT2D eigenvalue weighted by molar-refractivity contribution is 0.0983. The smallest absolute Gasteiger partial charge is 0.163 e. The molecule has 0 saturated heterocycles. The minimum Gasteiger partial charge on any atom is -0.294 e. The van der Waals surface area contributed by atoms with E-state index in [1.54, 1.807) is 6.07 Å². The Balaban J connectivity index is 2.02. The van der Waals surface area contributed by atoms with E-state index in [4.69, 9.17) is 11.6 Å². The number of aryl methyl sites for hydroxylation is 2. The van der Waals surface area contributed by atoms with Crippen molar-refractivity contribution in [2.45, 2.75) is 19.8 Å². The average molecular weight is 277 g/mol. The summed E-state index contributed by atoms with van der Waals surface area (Å²) < 4.78 is 13.2. The average Bonchev–Trinajstić information content (AvgIpc) is 2.36. The number of ketones is 1. The molecule has 0 amide bonds. The fourth-order valence-electron chi connectivity index (χ4n) is 1.90. The van der Waals surface area contributed by atoms with Crippen molar-refractivity contribution in [2.75, 3.05) is 0 Å². The molecule has 3 heteroatoms. The molecule has 0 unspecified atom stereocenters. The van der Waals surface area contributed by atoms with Crippen molar-refractivity contribution in [1.82, 2.24) is 0 Å². The van der Waals surface area contributed by atoms with Gasteiger partial charge < -0.3 is 0 Å². The van der Waals surface area contributed by atoms with E-state index in [1.807, 2.05) is 31.2 Å². The summed E-state index contributed by atoms with van der Waals surface area (Å²) in [5.74, 6) is -0.314. The van der Waals surface area contributed by atoms with Gasteiger partial charge in [0.1, 0.15) is 5.82 Å². The number of halogens is 2. The Bertz CT molecular complexity index is 570. The van der Waals surface area contributed by atoms with Crippen molar-refractivity contribution in [3.63, 3.8) is 0 Å². The van der Waals surface area contributed by atoms with Gasteiger partial charge in [-0.2, -0.15) is 0 Å². The first-order valence-electron chi connectivity index (χ1n) is 6.09. The normalized spacial score (nSPS) is 10.5. The summed E-state index contributed by atoms with van der Waals surface area (Å²) in [6.45, 7) is 1.98. The molecule has 1 nitrogen and oxygen atoms in total. The molecule has 2 aromatic carbocycles. The first kappa shape index (κ1) is 13.8. The van der Waals surface area contributed by atoms with Gasteiger partial charge in [0.25, 0.3) is 0 Å². The number of benzene rings is 2. The first-order chi connectivity index (χ1) is 9.04. The maximum absolute atomic E-state index is 13.2. The molecular weight excluding hydrogens is 263 g/mol. The zero-order valence-electron chi connectivity index (χ0n) is 10.6. The van der Waals surface area contributed by atoms with Crippen LogP contribution in [-0.2, 0) is 6.42 Å². The van der Waals surface area contributed by atoms with Crippen LogP contribution in [0.3, 0.4) is 0 Å². The van der Waals surface area contributed by atoms with Crippen molar-refractivity contribution in [3.05, 3.63) is 70.0 Å². The lowest BCUT2D eigenvalue weighted by atomic mass is 10.0. The molecule has 2 aromatic rings. The number of carbonyl (C=O) groups excluding carboxylic acids is 1. The maximum atomic E-state index is 13.2. The predicted molar refractivity (Wildman–Crippen MR) is 75.2 cm³/mol. The number of Topliss-reactive ketones (excluding diaryl/α,β-unsaturated/α-hetero) is 1. The van der Waals surface area contributed by atoms with Gasteiger partial charge >= 0.3 is 0 Å². The van der Waals surface area contributed by atoms with Gasteiger partial charge in [-0.05, 0) is 37.1 Å². The standard InChI is InChI=1S/C16H14ClFO/c1-11-2-5-13(6-3-11)16(19)7-4-12-8-14(17)10-15(18)9-12/h2-3,5-6,8-10H,4,7H2,1H3. The Morgan fingerprint density at radius 2 is 1.84 bits per heavy atom. The molecule has 0 heterocycles. The minimum absolute atomic E-state index is 0.0559. The Morgan fingerprint density at radius 1 is 1.16 bits per heavy atom. The van der Waals surface area contributed by atoms with Gasteiger partial charge in [0.15, 0.2) is 5.78 Å². The molecule has 19 heavy (non-hydrogen) atoms. The lowest BCUT2D eigenvalue weighted by Gasteiger charge is -2.03. The monoisotopic (exact) mass is 276 g/mol. The van der Waals surface area contributed by atoms with Crippen molar-refractivity contribution in [2.24, 2.45) is 0 Å². The van der Waals surface area contributed by atoms with Crippen molar-refractivity contribution in [1.29, 1.82) is 0 Å². The van der Waals surface area contributed by atoms with E-state index in [0.717, 1.165) is 11.1 Å². The first-order valence-corrected chi connectivity index (χ1v) is 6.47. The Kier molecular flexibility index (Phi) is 4.33. The van der Waals surface area contributed by atoms with E-state index >= 15 is 0 Å². The largest absolute Gasteiger partial charge is 0.294 e. The third-order valence-corrected chi connectivity index (χ3v) is 3.15. The second-order valence-corrected chi connectivity index (χ2v) is 5.00. The fourth-order valence-corrected chi connectivity index (χ4v) is 2.14. The number of carbonyl (C=O) groups is 1. The number of hydrogen-bond donors (Lipinski definition) is 0. The summed E-state index contributed by atoms with van der Waals surface area (Å²) in [7, 11) is 0. The van der Waals surface area contributed by atoms with Gasteiger partial charge in [-0.1, -0.05) is 41.4 Å². The summed E-state index contributed by atoms with van der Waals surface area (Å²) in [6.07, 6.45) is 0.840. The molecule has 0 radical (unpaired) electrons. The SMILES string of the molecule is Cc1ccc(C(=O)CCc2cc(F)cc(Cl)c2)cc1. The van der Waals surface area contributed by atoms with E-state index < -0.39 is 0 Å². The van der Waals surface area contributed by atoms with Crippen LogP contribution in [0.4, 0.5) is 4.39 Å². The third kappa shape index (κ3) is 3.90. The highest BCUT2D eigenvalue weighted by atomic mass is 35.5. The number of hydrogen-bond acceptors (Lipinski definition) is 1. The predicted octanol–water partition coefficient (Wildman–Crippen LogP) is 4.60. The molecule has 0 fully saturated rings. The molecule has 2 rings (SSSR count). The van der Waals surface area contributed by atoms with Gasteiger partial charge in [-0.25, -0.2) is 4.39 Å². The van der Waals surface area contributed by atoms with Gasteiger partial charge in [0.05, 0.1) is 0 Å². The molecule has 0 aliphatic heterocycles. The Labute approximate surface area is 117 Å². The van der Waals surface area contributed by atoms with Crippen molar-refractivity contribution < 1.29 is 9.18 Å². The molecule has 0 aromatic heterocycles. The zero-order valence-corrected chi connectivity index (χ0v) is 11.4. The van der Waals surface area contributed by atoms with Crippen LogP contribution in [0.5, 0.6) is 0 Å². The molecule has 98 valence electrons. The zero-order chi connectivity index (χ0) is 13.8. The summed E-state index contributed by atoms with van der Waals surface area (Å²) in [4.78, 5) is 12.0. The van der Waals surface area contributed by atoms with E-state index in [1.165, 1.54) is 12.1 Å². The van der Waals surface area contributed by atoms with Crippen LogP contribution in [0.15, 0.2) is 42.5 Å². The highest BCUT2D eigenvalue weighted by molar-refractivity contribution is 6.30. The molecular formula is C16H14ClFO. The van der Waals surface area contributed by atoms with Crippen LogP contribution in [0.25, 0.3) is 0 Å². The summed E-state index contributed by atoms with van der Waals surface area (Å²) in [5, 5.41) is 0.359. The van der Waals surface area contributed by atoms with Crippen LogP contribution in [0.1, 0.15) is 27.9 Å². The molecule has 0 spiro atoms. The summed E-state index contributed by atoms with van der Waals surface area (Å²) >= 11 is 5.77. The molecule has 0 aliphatic rings. The van der Waals surface area contributed by atoms with Crippen LogP contribution in [-0.4, -0.2) is 5.78 Å². The van der Waals surface area contributed by atoms with E-state index in [0.29, 0.717) is 23.4 Å². The van der Waals surface area contributed by atoms with Crippen LogP contribution in [0, 0.1) is 12.7 Å². The van der Waals surface area contributed by atoms with E-state index in [2.05, 4.69) is 0 Å². The Morgan fingerprint density at radius 3 is 2.47 bits per heavy atom. The molecule has 0 saturated carbocycles. The second kappa shape index (κ2) is 5.98. The lowest BCUT2D eigenvalue weighted by Crippen LogP contribution is -2.01. The fraction of sp³-hybridized carbons (Fsp3) is 0.188. The van der Waals surface area contributed by atoms with Gasteiger partial charge in [-0.15, -0.1) is 0 Å². The quantitative estimate of drug-likeness (QED) is 0.746. The number of rotatable bonds is 4. The Hall–Kier alpha value is -1.67. The topological polar surface area (TPSA) is 17.1 Å². The van der Waals surface area contributed by atoms with Crippen LogP contribution < -0.4 is 0 Å². The minimum atomic E-state index is -0.370. The molecule has 0 bridgehead atoms. The molecule has 0 aliphatic carbocycles. The van der Waals surface area contributed by atoms with Crippen molar-refractivity contribution in [3.8, 4) is 0 Å². The molecule has 0 N–H and O–H groups in total. The van der Waals surface area contributed by atoms with Gasteiger partial charge in [0.2, 0.25) is 0 Å². The van der Waals surface area contributed by atoms with Crippen LogP contribution >= 0.6 is 11.6 Å². The van der Waals surface area contributed by atoms with E-state index in [9.17, 15) is 9.18 Å². The molecule has 0 atom stereocenters. The second-order valence-electron chi connectivity index (χ2n) is 4.57. The summed E-state index contributed by atoms with van der Waals surface area (Å²) in [6, 6.07) is 11.8. The van der Waals surface area contributed by atoms with Crippen molar-refractivity contribution >= 4 is 17.4 Å². The van der Waals surface area contributed by atoms with Crippen LogP contribution in [0.2, 0.25) is 5.02 Å². The highest BCUT2D eigenvalue weighted by Gasteiger charge is 2.07. The maximum Gasteiger partial charge on any atom is 0.163 e. The van der Waals surface area contributed by atoms with Gasteiger partial charge in [0, 0.05) is 17.0 Å². The third-order valence-electron chi connectivity index (χ3n) is 2.94. The van der Waals surface area contributed by atoms with Gasteiger partial charge in [-0.3, -0.25) is 4.79 Å². The summed E-state index contributed by atoms with van der Waals surface area (Å²) in [5.41, 5.74) is 2.55.